The number of aromatic nitrogens is 3. The molecule has 4 aromatic rings. The number of rotatable bonds is 7. The van der Waals surface area contributed by atoms with Crippen molar-refractivity contribution in [3.05, 3.63) is 88.5 Å². The molecule has 5 heterocycles. The normalized spacial score (nSPS) is 21.8. The molecule has 210 valence electrons. The Labute approximate surface area is 241 Å². The fourth-order valence-electron chi connectivity index (χ4n) is 5.51. The lowest BCUT2D eigenvalue weighted by Crippen LogP contribution is -2.32. The van der Waals surface area contributed by atoms with Crippen LogP contribution in [0.5, 0.6) is 11.5 Å². The molecule has 3 aliphatic rings. The SMILES string of the molecule is O=C(O)c1ccc2nc(CC3CC=C(c4cccc5c4OC(c4ccc(Cl)cn4)CO5)CO3)n(C[C@@H]3CCO3)c2c1. The standard InChI is InChI=1S/C31H28ClN3O6/c32-20-6-9-25(33-14-20)28-17-40-27-3-1-2-23(30(27)41-28)19-4-7-21(39-16-19)13-29-34-24-8-5-18(31(36)37)12-26(24)35(29)15-22-10-11-38-22/h1-6,8-9,12,14,21-22,28H,7,10-11,13,15-17H2,(H,36,37)/t21?,22-,28?/m0/s1. The van der Waals surface area contributed by atoms with Crippen molar-refractivity contribution in [2.45, 2.75) is 44.1 Å². The number of hydrogen-bond donors (Lipinski definition) is 1. The van der Waals surface area contributed by atoms with E-state index in [0.29, 0.717) is 49.1 Å². The Kier molecular flexibility index (Phi) is 6.86. The van der Waals surface area contributed by atoms with Crippen LogP contribution in [0.1, 0.15) is 46.4 Å². The summed E-state index contributed by atoms with van der Waals surface area (Å²) >= 11 is 6.01. The second-order valence-electron chi connectivity index (χ2n) is 10.5. The molecular formula is C31H28ClN3O6. The second kappa shape index (κ2) is 10.8. The number of aromatic carboxylic acids is 1. The maximum absolute atomic E-state index is 11.6. The third-order valence-corrected chi connectivity index (χ3v) is 8.04. The summed E-state index contributed by atoms with van der Waals surface area (Å²) in [6.45, 7) is 2.17. The first kappa shape index (κ1) is 26.0. The second-order valence-corrected chi connectivity index (χ2v) is 10.9. The van der Waals surface area contributed by atoms with Gasteiger partial charge in [0, 0.05) is 24.8 Å². The number of carboxylic acids is 1. The first-order chi connectivity index (χ1) is 20.0. The van der Waals surface area contributed by atoms with Gasteiger partial charge in [0.1, 0.15) is 12.4 Å². The molecule has 0 bridgehead atoms. The number of fused-ring (bicyclic) bond motifs is 2. The molecule has 3 atom stereocenters. The molecular weight excluding hydrogens is 546 g/mol. The first-order valence-electron chi connectivity index (χ1n) is 13.7. The number of carbonyl (C=O) groups is 1. The van der Waals surface area contributed by atoms with Gasteiger partial charge in [-0.1, -0.05) is 29.8 Å². The smallest absolute Gasteiger partial charge is 0.335 e. The summed E-state index contributed by atoms with van der Waals surface area (Å²) in [5, 5.41) is 10.1. The highest BCUT2D eigenvalue weighted by Crippen LogP contribution is 2.42. The fourth-order valence-corrected chi connectivity index (χ4v) is 5.62. The minimum Gasteiger partial charge on any atom is -0.485 e. The Morgan fingerprint density at radius 1 is 1.12 bits per heavy atom. The molecule has 41 heavy (non-hydrogen) atoms. The number of nitrogens with zero attached hydrogens (tertiary/aromatic N) is 3. The summed E-state index contributed by atoms with van der Waals surface area (Å²) in [6.07, 6.45) is 5.78. The minimum atomic E-state index is -0.956. The van der Waals surface area contributed by atoms with Gasteiger partial charge in [-0.25, -0.2) is 9.78 Å². The van der Waals surface area contributed by atoms with Crippen LogP contribution in [0.4, 0.5) is 0 Å². The average Bonchev–Trinajstić information content (AvgIpc) is 3.31. The maximum atomic E-state index is 11.6. The van der Waals surface area contributed by atoms with Crippen molar-refractivity contribution in [2.24, 2.45) is 0 Å². The largest absolute Gasteiger partial charge is 0.485 e. The van der Waals surface area contributed by atoms with E-state index in [0.717, 1.165) is 46.7 Å². The number of imidazole rings is 1. The molecule has 9 nitrogen and oxygen atoms in total. The van der Waals surface area contributed by atoms with Gasteiger partial charge in [0.15, 0.2) is 17.6 Å². The van der Waals surface area contributed by atoms with Crippen molar-refractivity contribution in [3.8, 4) is 11.5 Å². The lowest BCUT2D eigenvalue weighted by Gasteiger charge is -2.30. The highest BCUT2D eigenvalue weighted by molar-refractivity contribution is 6.30. The number of hydrogen-bond acceptors (Lipinski definition) is 7. The van der Waals surface area contributed by atoms with Crippen LogP contribution in [0.25, 0.3) is 16.6 Å². The molecule has 2 aromatic heterocycles. The molecule has 2 unspecified atom stereocenters. The van der Waals surface area contributed by atoms with Crippen molar-refractivity contribution in [1.29, 1.82) is 0 Å². The van der Waals surface area contributed by atoms with Crippen molar-refractivity contribution in [3.63, 3.8) is 0 Å². The van der Waals surface area contributed by atoms with Crippen LogP contribution in [0.3, 0.4) is 0 Å². The van der Waals surface area contributed by atoms with Crippen LogP contribution in [0.2, 0.25) is 5.02 Å². The van der Waals surface area contributed by atoms with E-state index in [1.807, 2.05) is 24.3 Å². The molecule has 1 N–H and O–H groups in total. The highest BCUT2D eigenvalue weighted by atomic mass is 35.5. The predicted molar refractivity (Wildman–Crippen MR) is 152 cm³/mol. The molecule has 1 saturated heterocycles. The summed E-state index contributed by atoms with van der Waals surface area (Å²) in [6, 6.07) is 14.6. The number of pyridine rings is 1. The highest BCUT2D eigenvalue weighted by Gasteiger charge is 2.29. The zero-order chi connectivity index (χ0) is 27.9. The van der Waals surface area contributed by atoms with Crippen LogP contribution in [-0.2, 0) is 22.4 Å². The molecule has 0 saturated carbocycles. The molecule has 10 heteroatoms. The van der Waals surface area contributed by atoms with Gasteiger partial charge in [0.05, 0.1) is 52.7 Å². The molecule has 2 aromatic carbocycles. The number of benzene rings is 2. The van der Waals surface area contributed by atoms with Gasteiger partial charge < -0.3 is 28.6 Å². The molecule has 1 fully saturated rings. The van der Waals surface area contributed by atoms with E-state index in [1.54, 1.807) is 30.5 Å². The van der Waals surface area contributed by atoms with Gasteiger partial charge in [-0.15, -0.1) is 0 Å². The summed E-state index contributed by atoms with van der Waals surface area (Å²) < 4.78 is 26.6. The van der Waals surface area contributed by atoms with Crippen LogP contribution in [0.15, 0.2) is 60.8 Å². The molecule has 0 spiro atoms. The Morgan fingerprint density at radius 2 is 2.02 bits per heavy atom. The molecule has 3 aliphatic heterocycles. The topological polar surface area (TPSA) is 105 Å². The maximum Gasteiger partial charge on any atom is 0.335 e. The van der Waals surface area contributed by atoms with Gasteiger partial charge in [-0.05, 0) is 54.8 Å². The Balaban J connectivity index is 1.11. The van der Waals surface area contributed by atoms with E-state index in [2.05, 4.69) is 15.6 Å². The zero-order valence-corrected chi connectivity index (χ0v) is 22.9. The van der Waals surface area contributed by atoms with E-state index in [1.165, 1.54) is 0 Å². The monoisotopic (exact) mass is 573 g/mol. The van der Waals surface area contributed by atoms with Gasteiger partial charge in [0.25, 0.3) is 0 Å². The Morgan fingerprint density at radius 3 is 2.76 bits per heavy atom. The van der Waals surface area contributed by atoms with E-state index in [9.17, 15) is 9.90 Å². The number of carboxylic acid groups (broad SMARTS) is 1. The third-order valence-electron chi connectivity index (χ3n) is 7.82. The Bertz CT molecular complexity index is 1650. The van der Waals surface area contributed by atoms with Crippen molar-refractivity contribution in [2.75, 3.05) is 19.8 Å². The lowest BCUT2D eigenvalue weighted by atomic mass is 9.99. The lowest BCUT2D eigenvalue weighted by molar-refractivity contribution is -0.0592. The fraction of sp³-hybridized carbons (Fsp3) is 0.323. The predicted octanol–water partition coefficient (Wildman–Crippen LogP) is 5.50. The van der Waals surface area contributed by atoms with Crippen molar-refractivity contribution in [1.82, 2.24) is 14.5 Å². The van der Waals surface area contributed by atoms with Crippen LogP contribution in [-0.4, -0.2) is 57.6 Å². The summed E-state index contributed by atoms with van der Waals surface area (Å²) in [7, 11) is 0. The summed E-state index contributed by atoms with van der Waals surface area (Å²) in [5.74, 6) is 1.29. The van der Waals surface area contributed by atoms with Crippen LogP contribution >= 0.6 is 11.6 Å². The molecule has 0 aliphatic carbocycles. The van der Waals surface area contributed by atoms with Crippen molar-refractivity contribution < 1.29 is 28.8 Å². The summed E-state index contributed by atoms with van der Waals surface area (Å²) in [5.41, 5.74) is 4.56. The summed E-state index contributed by atoms with van der Waals surface area (Å²) in [4.78, 5) is 20.9. The first-order valence-corrected chi connectivity index (χ1v) is 14.1. The van der Waals surface area contributed by atoms with Gasteiger partial charge in [-0.2, -0.15) is 0 Å². The van der Waals surface area contributed by atoms with E-state index in [4.69, 9.17) is 35.5 Å². The van der Waals surface area contributed by atoms with Crippen molar-refractivity contribution >= 4 is 34.2 Å². The molecule has 0 radical (unpaired) electrons. The molecule has 7 rings (SSSR count). The molecule has 0 amide bonds. The number of ether oxygens (including phenoxy) is 4. The average molecular weight is 574 g/mol. The van der Waals surface area contributed by atoms with E-state index < -0.39 is 5.97 Å². The van der Waals surface area contributed by atoms with Crippen LogP contribution < -0.4 is 9.47 Å². The minimum absolute atomic E-state index is 0.0710. The van der Waals surface area contributed by atoms with Gasteiger partial charge in [0.2, 0.25) is 0 Å². The third kappa shape index (κ3) is 5.16. The van der Waals surface area contributed by atoms with E-state index in [-0.39, 0.29) is 23.9 Å². The Hall–Kier alpha value is -3.92. The zero-order valence-electron chi connectivity index (χ0n) is 22.2. The number of para-hydroxylation sites is 1. The quantitative estimate of drug-likeness (QED) is 0.309. The van der Waals surface area contributed by atoms with Gasteiger partial charge >= 0.3 is 5.97 Å². The van der Waals surface area contributed by atoms with Crippen LogP contribution in [0, 0.1) is 0 Å². The van der Waals surface area contributed by atoms with E-state index >= 15 is 0 Å². The number of halogens is 1. The van der Waals surface area contributed by atoms with Gasteiger partial charge in [-0.3, -0.25) is 4.98 Å².